The zero-order valence-electron chi connectivity index (χ0n) is 11.4. The van der Waals surface area contributed by atoms with Crippen LogP contribution in [0.5, 0.6) is 5.75 Å². The van der Waals surface area contributed by atoms with Gasteiger partial charge in [0, 0.05) is 19.2 Å². The summed E-state index contributed by atoms with van der Waals surface area (Å²) in [7, 11) is 1.73. The molecule has 1 aromatic carbocycles. The second kappa shape index (κ2) is 6.40. The van der Waals surface area contributed by atoms with Crippen LogP contribution in [0.3, 0.4) is 0 Å². The molecule has 0 aromatic heterocycles. The van der Waals surface area contributed by atoms with Crippen molar-refractivity contribution < 1.29 is 14.6 Å². The number of benzene rings is 1. The second-order valence-electron chi connectivity index (χ2n) is 4.41. The Labute approximate surface area is 108 Å². The van der Waals surface area contributed by atoms with Crippen LogP contribution in [0, 0.1) is 6.92 Å². The lowest BCUT2D eigenvalue weighted by Gasteiger charge is -2.17. The molecular formula is C14H21NO3. The van der Waals surface area contributed by atoms with Gasteiger partial charge in [-0.15, -0.1) is 0 Å². The molecule has 1 N–H and O–H groups in total. The van der Waals surface area contributed by atoms with Crippen molar-refractivity contribution in [3.05, 3.63) is 29.3 Å². The molecule has 0 unspecified atom stereocenters. The van der Waals surface area contributed by atoms with Crippen LogP contribution in [0.4, 0.5) is 0 Å². The van der Waals surface area contributed by atoms with Gasteiger partial charge < -0.3 is 14.7 Å². The Bertz CT molecular complexity index is 416. The van der Waals surface area contributed by atoms with E-state index in [0.29, 0.717) is 17.9 Å². The molecular weight excluding hydrogens is 230 g/mol. The van der Waals surface area contributed by atoms with E-state index in [-0.39, 0.29) is 12.5 Å². The minimum atomic E-state index is -0.611. The van der Waals surface area contributed by atoms with Gasteiger partial charge in [0.15, 0.2) is 6.61 Å². The third kappa shape index (κ3) is 3.74. The predicted molar refractivity (Wildman–Crippen MR) is 70.6 cm³/mol. The summed E-state index contributed by atoms with van der Waals surface area (Å²) in [5, 5.41) is 9.64. The molecule has 0 radical (unpaired) electrons. The van der Waals surface area contributed by atoms with Gasteiger partial charge in [-0.05, 0) is 32.4 Å². The van der Waals surface area contributed by atoms with Crippen molar-refractivity contribution in [1.29, 1.82) is 0 Å². The second-order valence-corrected chi connectivity index (χ2v) is 4.41. The Morgan fingerprint density at radius 2 is 2.17 bits per heavy atom. The van der Waals surface area contributed by atoms with Crippen molar-refractivity contribution in [1.82, 2.24) is 4.90 Å². The number of carbonyl (C=O) groups excluding carboxylic acids is 1. The number of likely N-dealkylation sites (N-methyl/N-ethyl adjacent to an activating group) is 1. The van der Waals surface area contributed by atoms with Crippen molar-refractivity contribution in [2.24, 2.45) is 0 Å². The lowest BCUT2D eigenvalue weighted by molar-refractivity contribution is -0.131. The van der Waals surface area contributed by atoms with Crippen molar-refractivity contribution in [3.63, 3.8) is 0 Å². The molecule has 1 atom stereocenters. The third-order valence-electron chi connectivity index (χ3n) is 2.87. The van der Waals surface area contributed by atoms with Gasteiger partial charge >= 0.3 is 0 Å². The van der Waals surface area contributed by atoms with Crippen molar-refractivity contribution >= 4 is 5.91 Å². The van der Waals surface area contributed by atoms with Crippen LogP contribution in [-0.2, 0) is 4.79 Å². The fourth-order valence-corrected chi connectivity index (χ4v) is 1.54. The lowest BCUT2D eigenvalue weighted by Crippen LogP contribution is -2.31. The summed E-state index contributed by atoms with van der Waals surface area (Å²) in [6, 6.07) is 5.57. The van der Waals surface area contributed by atoms with Gasteiger partial charge in [-0.25, -0.2) is 0 Å². The standard InChI is InChI=1S/C14H21NO3/c1-5-15(4)14(17)9-18-13-8-10(2)6-7-12(13)11(3)16/h6-8,11,16H,5,9H2,1-4H3/t11-/m1/s1. The fourth-order valence-electron chi connectivity index (χ4n) is 1.54. The van der Waals surface area contributed by atoms with Crippen LogP contribution >= 0.6 is 0 Å². The highest BCUT2D eigenvalue weighted by Crippen LogP contribution is 2.26. The number of hydrogen-bond donors (Lipinski definition) is 1. The smallest absolute Gasteiger partial charge is 0.260 e. The normalized spacial score (nSPS) is 12.1. The molecule has 0 heterocycles. The summed E-state index contributed by atoms with van der Waals surface area (Å²) in [4.78, 5) is 13.2. The SMILES string of the molecule is CCN(C)C(=O)COc1cc(C)ccc1[C@@H](C)O. The Balaban J connectivity index is 2.77. The zero-order valence-corrected chi connectivity index (χ0v) is 11.4. The molecule has 0 bridgehead atoms. The minimum absolute atomic E-state index is 0.00644. The van der Waals surface area contributed by atoms with Crippen molar-refractivity contribution in [2.75, 3.05) is 20.2 Å². The van der Waals surface area contributed by atoms with E-state index in [9.17, 15) is 9.90 Å². The van der Waals surface area contributed by atoms with Gasteiger partial charge in [0.25, 0.3) is 5.91 Å². The number of aliphatic hydroxyl groups excluding tert-OH is 1. The topological polar surface area (TPSA) is 49.8 Å². The van der Waals surface area contributed by atoms with Crippen LogP contribution in [0.2, 0.25) is 0 Å². The summed E-state index contributed by atoms with van der Waals surface area (Å²) in [5.41, 5.74) is 1.73. The first-order valence-corrected chi connectivity index (χ1v) is 6.11. The molecule has 0 spiro atoms. The van der Waals surface area contributed by atoms with E-state index in [0.717, 1.165) is 5.56 Å². The first-order chi connectivity index (χ1) is 8.45. The summed E-state index contributed by atoms with van der Waals surface area (Å²) in [6.07, 6.45) is -0.611. The molecule has 1 amide bonds. The molecule has 0 aliphatic carbocycles. The molecule has 1 aromatic rings. The summed E-state index contributed by atoms with van der Waals surface area (Å²) in [5.74, 6) is 0.499. The fraction of sp³-hybridized carbons (Fsp3) is 0.500. The largest absolute Gasteiger partial charge is 0.483 e. The number of rotatable bonds is 5. The van der Waals surface area contributed by atoms with E-state index < -0.39 is 6.10 Å². The summed E-state index contributed by atoms with van der Waals surface area (Å²) in [6.45, 7) is 6.18. The van der Waals surface area contributed by atoms with Crippen LogP contribution < -0.4 is 4.74 Å². The molecule has 0 saturated heterocycles. The zero-order chi connectivity index (χ0) is 13.7. The van der Waals surface area contributed by atoms with E-state index >= 15 is 0 Å². The number of aryl methyl sites for hydroxylation is 1. The average molecular weight is 251 g/mol. The molecule has 0 saturated carbocycles. The van der Waals surface area contributed by atoms with E-state index in [2.05, 4.69) is 0 Å². The number of nitrogens with zero attached hydrogens (tertiary/aromatic N) is 1. The van der Waals surface area contributed by atoms with Gasteiger partial charge in [-0.1, -0.05) is 12.1 Å². The van der Waals surface area contributed by atoms with Crippen LogP contribution in [-0.4, -0.2) is 36.1 Å². The molecule has 0 aliphatic rings. The molecule has 1 rings (SSSR count). The Morgan fingerprint density at radius 1 is 1.50 bits per heavy atom. The van der Waals surface area contributed by atoms with Crippen molar-refractivity contribution in [2.45, 2.75) is 26.9 Å². The summed E-state index contributed by atoms with van der Waals surface area (Å²) < 4.78 is 5.51. The van der Waals surface area contributed by atoms with Gasteiger partial charge in [0.05, 0.1) is 6.10 Å². The molecule has 4 nitrogen and oxygen atoms in total. The highest BCUT2D eigenvalue weighted by Gasteiger charge is 2.12. The molecule has 18 heavy (non-hydrogen) atoms. The average Bonchev–Trinajstić information content (AvgIpc) is 2.34. The van der Waals surface area contributed by atoms with E-state index in [1.54, 1.807) is 18.9 Å². The monoisotopic (exact) mass is 251 g/mol. The molecule has 4 heteroatoms. The first-order valence-electron chi connectivity index (χ1n) is 6.11. The van der Waals surface area contributed by atoms with Gasteiger partial charge in [-0.2, -0.15) is 0 Å². The quantitative estimate of drug-likeness (QED) is 0.869. The number of carbonyl (C=O) groups is 1. The van der Waals surface area contributed by atoms with Crippen LogP contribution in [0.15, 0.2) is 18.2 Å². The Hall–Kier alpha value is -1.55. The third-order valence-corrected chi connectivity index (χ3v) is 2.87. The van der Waals surface area contributed by atoms with E-state index in [4.69, 9.17) is 4.74 Å². The maximum Gasteiger partial charge on any atom is 0.260 e. The highest BCUT2D eigenvalue weighted by atomic mass is 16.5. The van der Waals surface area contributed by atoms with Crippen LogP contribution in [0.25, 0.3) is 0 Å². The first kappa shape index (κ1) is 14.5. The van der Waals surface area contributed by atoms with E-state index in [1.165, 1.54) is 0 Å². The maximum atomic E-state index is 11.7. The predicted octanol–water partition coefficient (Wildman–Crippen LogP) is 1.91. The Morgan fingerprint density at radius 3 is 2.72 bits per heavy atom. The number of hydrogen-bond acceptors (Lipinski definition) is 3. The van der Waals surface area contributed by atoms with Crippen molar-refractivity contribution in [3.8, 4) is 5.75 Å². The van der Waals surface area contributed by atoms with Gasteiger partial charge in [0.1, 0.15) is 5.75 Å². The van der Waals surface area contributed by atoms with Gasteiger partial charge in [0.2, 0.25) is 0 Å². The number of ether oxygens (including phenoxy) is 1. The van der Waals surface area contributed by atoms with Crippen LogP contribution in [0.1, 0.15) is 31.1 Å². The highest BCUT2D eigenvalue weighted by molar-refractivity contribution is 5.77. The number of amides is 1. The Kier molecular flexibility index (Phi) is 5.16. The number of aliphatic hydroxyl groups is 1. The molecule has 0 aliphatic heterocycles. The minimum Gasteiger partial charge on any atom is -0.483 e. The lowest BCUT2D eigenvalue weighted by atomic mass is 10.1. The molecule has 100 valence electrons. The van der Waals surface area contributed by atoms with E-state index in [1.807, 2.05) is 32.0 Å². The summed E-state index contributed by atoms with van der Waals surface area (Å²) >= 11 is 0. The maximum absolute atomic E-state index is 11.7. The molecule has 0 fully saturated rings. The van der Waals surface area contributed by atoms with Gasteiger partial charge in [-0.3, -0.25) is 4.79 Å².